The van der Waals surface area contributed by atoms with E-state index in [1.54, 1.807) is 24.3 Å². The summed E-state index contributed by atoms with van der Waals surface area (Å²) in [7, 11) is 3.98. The van der Waals surface area contributed by atoms with Crippen LogP contribution >= 0.6 is 0 Å². The van der Waals surface area contributed by atoms with Gasteiger partial charge in [-0.25, -0.2) is 4.79 Å². The number of carbonyl (C=O) groups excluding carboxylic acids is 2. The predicted octanol–water partition coefficient (Wildman–Crippen LogP) is 5.74. The lowest BCUT2D eigenvalue weighted by Crippen LogP contribution is -2.38. The number of amides is 3. The van der Waals surface area contributed by atoms with Gasteiger partial charge in [-0.15, -0.1) is 0 Å². The molecule has 3 aromatic carbocycles. The predicted molar refractivity (Wildman–Crippen MR) is 165 cm³/mol. The van der Waals surface area contributed by atoms with Crippen LogP contribution in [0.2, 0.25) is 0 Å². The Bertz CT molecular complexity index is 1250. The van der Waals surface area contributed by atoms with Crippen LogP contribution in [0.3, 0.4) is 0 Å². The Morgan fingerprint density at radius 2 is 1.60 bits per heavy atom. The Hall–Kier alpha value is -4.04. The number of anilines is 4. The van der Waals surface area contributed by atoms with Crippen LogP contribution in [0.1, 0.15) is 42.1 Å². The van der Waals surface area contributed by atoms with E-state index in [1.165, 1.54) is 12.8 Å². The summed E-state index contributed by atoms with van der Waals surface area (Å²) in [6, 6.07) is 22.3. The number of para-hydroxylation sites is 2. The molecule has 3 amide bonds. The molecule has 1 aliphatic heterocycles. The zero-order valence-corrected chi connectivity index (χ0v) is 23.9. The molecule has 212 valence electrons. The van der Waals surface area contributed by atoms with Crippen LogP contribution in [0.5, 0.6) is 0 Å². The number of nitrogens with two attached hydrogens (primary N) is 1. The quantitative estimate of drug-likeness (QED) is 0.284. The van der Waals surface area contributed by atoms with E-state index in [0.29, 0.717) is 30.0 Å². The van der Waals surface area contributed by atoms with Crippen LogP contribution in [0.15, 0.2) is 72.8 Å². The maximum Gasteiger partial charge on any atom is 0.322 e. The molecule has 0 spiro atoms. The van der Waals surface area contributed by atoms with Gasteiger partial charge in [0, 0.05) is 44.1 Å². The summed E-state index contributed by atoms with van der Waals surface area (Å²) >= 11 is 0. The third kappa shape index (κ3) is 8.23. The summed E-state index contributed by atoms with van der Waals surface area (Å²) in [5, 5.41) is 5.92. The molecule has 0 unspecified atom stereocenters. The molecule has 0 atom stereocenters. The standard InChI is InChI=1S/C32H42N6O2/c1-24-17-21-37(22-18-24)19-6-20-38(32(40)34-27-13-15-28(16-14-27)36(2)3)23-25-9-11-26(12-10-25)31(39)35-30-8-5-4-7-29(30)33/h4-5,7-16,24H,6,17-23,33H2,1-3H3,(H,34,40)(H,35,39). The van der Waals surface area contributed by atoms with Crippen molar-refractivity contribution in [1.29, 1.82) is 0 Å². The van der Waals surface area contributed by atoms with Crippen LogP contribution in [0.4, 0.5) is 27.5 Å². The van der Waals surface area contributed by atoms with Gasteiger partial charge in [0.15, 0.2) is 0 Å². The fourth-order valence-electron chi connectivity index (χ4n) is 4.86. The number of rotatable bonds is 10. The van der Waals surface area contributed by atoms with E-state index in [4.69, 9.17) is 5.73 Å². The second kappa shape index (κ2) is 13.8. The molecule has 4 rings (SSSR count). The lowest BCUT2D eigenvalue weighted by Gasteiger charge is -2.31. The molecule has 0 bridgehead atoms. The monoisotopic (exact) mass is 542 g/mol. The molecule has 1 saturated heterocycles. The summed E-state index contributed by atoms with van der Waals surface area (Å²) < 4.78 is 0. The van der Waals surface area contributed by atoms with Gasteiger partial charge in [-0.3, -0.25) is 4.79 Å². The summed E-state index contributed by atoms with van der Waals surface area (Å²) in [5.41, 5.74) is 10.4. The Kier molecular flexibility index (Phi) is 10.0. The Morgan fingerprint density at radius 1 is 0.925 bits per heavy atom. The fraction of sp³-hybridized carbons (Fsp3) is 0.375. The average Bonchev–Trinajstić information content (AvgIpc) is 2.95. The first-order valence-corrected chi connectivity index (χ1v) is 14.1. The number of hydrogen-bond donors (Lipinski definition) is 3. The minimum absolute atomic E-state index is 0.133. The van der Waals surface area contributed by atoms with E-state index in [0.717, 1.165) is 48.9 Å². The first-order valence-electron chi connectivity index (χ1n) is 14.1. The third-order valence-electron chi connectivity index (χ3n) is 7.50. The van der Waals surface area contributed by atoms with Gasteiger partial charge in [0.25, 0.3) is 5.91 Å². The van der Waals surface area contributed by atoms with Crippen molar-refractivity contribution in [2.24, 2.45) is 5.92 Å². The Labute approximate surface area is 238 Å². The highest BCUT2D eigenvalue weighted by molar-refractivity contribution is 6.05. The van der Waals surface area contributed by atoms with E-state index in [2.05, 4.69) is 22.5 Å². The number of benzene rings is 3. The molecular formula is C32H42N6O2. The lowest BCUT2D eigenvalue weighted by atomic mass is 9.99. The Morgan fingerprint density at radius 3 is 2.25 bits per heavy atom. The normalized spacial score (nSPS) is 14.0. The summed E-state index contributed by atoms with van der Waals surface area (Å²) in [6.45, 7) is 6.65. The van der Waals surface area contributed by atoms with E-state index >= 15 is 0 Å². The van der Waals surface area contributed by atoms with Crippen molar-refractivity contribution in [2.75, 3.05) is 61.5 Å². The van der Waals surface area contributed by atoms with Gasteiger partial charge < -0.3 is 31.1 Å². The second-order valence-electron chi connectivity index (χ2n) is 10.9. The molecule has 0 radical (unpaired) electrons. The highest BCUT2D eigenvalue weighted by Gasteiger charge is 2.18. The lowest BCUT2D eigenvalue weighted by molar-refractivity contribution is 0.102. The maximum absolute atomic E-state index is 13.4. The highest BCUT2D eigenvalue weighted by Crippen LogP contribution is 2.20. The molecule has 4 N–H and O–H groups in total. The van der Waals surface area contributed by atoms with Gasteiger partial charge in [-0.1, -0.05) is 31.2 Å². The third-order valence-corrected chi connectivity index (χ3v) is 7.50. The molecule has 1 heterocycles. The van der Waals surface area contributed by atoms with Crippen molar-refractivity contribution in [2.45, 2.75) is 32.7 Å². The zero-order chi connectivity index (χ0) is 28.5. The SMILES string of the molecule is CC1CCN(CCCN(Cc2ccc(C(=O)Nc3ccccc3N)cc2)C(=O)Nc2ccc(N(C)C)cc2)CC1. The molecule has 1 fully saturated rings. The largest absolute Gasteiger partial charge is 0.397 e. The molecule has 1 aliphatic rings. The van der Waals surface area contributed by atoms with Gasteiger partial charge in [0.1, 0.15) is 0 Å². The molecule has 0 aromatic heterocycles. The Balaban J connectivity index is 1.40. The number of nitrogens with zero attached hydrogens (tertiary/aromatic N) is 3. The van der Waals surface area contributed by atoms with E-state index in [9.17, 15) is 9.59 Å². The van der Waals surface area contributed by atoms with Crippen LogP contribution in [-0.4, -0.2) is 62.0 Å². The highest BCUT2D eigenvalue weighted by atomic mass is 16.2. The van der Waals surface area contributed by atoms with E-state index < -0.39 is 0 Å². The van der Waals surface area contributed by atoms with Crippen molar-refractivity contribution in [3.8, 4) is 0 Å². The van der Waals surface area contributed by atoms with Gasteiger partial charge in [-0.2, -0.15) is 0 Å². The smallest absolute Gasteiger partial charge is 0.322 e. The van der Waals surface area contributed by atoms with Gasteiger partial charge in [0.05, 0.1) is 11.4 Å². The van der Waals surface area contributed by atoms with Crippen molar-refractivity contribution in [3.05, 3.63) is 83.9 Å². The van der Waals surface area contributed by atoms with E-state index in [-0.39, 0.29) is 11.9 Å². The average molecular weight is 543 g/mol. The summed E-state index contributed by atoms with van der Waals surface area (Å²) in [6.07, 6.45) is 3.38. The van der Waals surface area contributed by atoms with Crippen LogP contribution < -0.4 is 21.3 Å². The number of piperidine rings is 1. The summed E-state index contributed by atoms with van der Waals surface area (Å²) in [5.74, 6) is 0.573. The molecule has 40 heavy (non-hydrogen) atoms. The van der Waals surface area contributed by atoms with E-state index in [1.807, 2.05) is 72.4 Å². The van der Waals surface area contributed by atoms with Crippen molar-refractivity contribution < 1.29 is 9.59 Å². The second-order valence-corrected chi connectivity index (χ2v) is 10.9. The minimum atomic E-state index is -0.226. The maximum atomic E-state index is 13.4. The van der Waals surface area contributed by atoms with Crippen LogP contribution in [0, 0.1) is 5.92 Å². The summed E-state index contributed by atoms with van der Waals surface area (Å²) in [4.78, 5) is 32.5. The first kappa shape index (κ1) is 29.0. The molecule has 3 aromatic rings. The molecule has 8 heteroatoms. The molecule has 0 saturated carbocycles. The number of nitrogen functional groups attached to an aromatic ring is 1. The zero-order valence-electron chi connectivity index (χ0n) is 23.9. The van der Waals surface area contributed by atoms with Crippen molar-refractivity contribution in [3.63, 3.8) is 0 Å². The van der Waals surface area contributed by atoms with Gasteiger partial charge in [0.2, 0.25) is 0 Å². The molecule has 0 aliphatic carbocycles. The van der Waals surface area contributed by atoms with Crippen molar-refractivity contribution in [1.82, 2.24) is 9.80 Å². The van der Waals surface area contributed by atoms with Gasteiger partial charge >= 0.3 is 6.03 Å². The molecular weight excluding hydrogens is 500 g/mol. The fourth-order valence-corrected chi connectivity index (χ4v) is 4.86. The van der Waals surface area contributed by atoms with Gasteiger partial charge in [-0.05, 0) is 98.9 Å². The van der Waals surface area contributed by atoms with Crippen LogP contribution in [0.25, 0.3) is 0 Å². The molecule has 8 nitrogen and oxygen atoms in total. The minimum Gasteiger partial charge on any atom is -0.397 e. The number of likely N-dealkylation sites (tertiary alicyclic amines) is 1. The van der Waals surface area contributed by atoms with Crippen LogP contribution in [-0.2, 0) is 6.54 Å². The number of urea groups is 1. The topological polar surface area (TPSA) is 93.9 Å². The number of nitrogens with one attached hydrogen (secondary N) is 2. The number of hydrogen-bond acceptors (Lipinski definition) is 5. The van der Waals surface area contributed by atoms with Crippen molar-refractivity contribution >= 4 is 34.7 Å². The first-order chi connectivity index (χ1) is 19.3. The number of carbonyl (C=O) groups is 2.